The molecule has 0 amide bonds. The van der Waals surface area contributed by atoms with Gasteiger partial charge >= 0.3 is 0 Å². The third kappa shape index (κ3) is 3.51. The molecule has 0 radical (unpaired) electrons. The molecule has 1 aromatic heterocycles. The van der Waals surface area contributed by atoms with E-state index in [1.807, 2.05) is 12.1 Å². The van der Waals surface area contributed by atoms with Gasteiger partial charge in [0.2, 0.25) is 0 Å². The molecule has 1 aliphatic rings. The van der Waals surface area contributed by atoms with E-state index in [9.17, 15) is 0 Å². The molecule has 1 saturated carbocycles. The Hall–Kier alpha value is -0.930. The number of hydrogen-bond donors (Lipinski definition) is 1. The zero-order valence-corrected chi connectivity index (χ0v) is 10.6. The Labute approximate surface area is 103 Å². The molecule has 0 aliphatic heterocycles. The number of rotatable bonds is 4. The van der Waals surface area contributed by atoms with Crippen LogP contribution in [0, 0.1) is 5.92 Å². The fourth-order valence-electron chi connectivity index (χ4n) is 2.51. The quantitative estimate of drug-likeness (QED) is 0.871. The van der Waals surface area contributed by atoms with Gasteiger partial charge in [-0.15, -0.1) is 0 Å². The van der Waals surface area contributed by atoms with Crippen molar-refractivity contribution in [3.63, 3.8) is 0 Å². The summed E-state index contributed by atoms with van der Waals surface area (Å²) in [5.41, 5.74) is 7.77. The molecule has 2 rings (SSSR count). The number of nitrogens with two attached hydrogens (primary N) is 1. The predicted octanol–water partition coefficient (Wildman–Crippen LogP) is 2.64. The second-order valence-electron chi connectivity index (χ2n) is 5.02. The molecule has 1 heterocycles. The Bertz CT molecular complexity index is 354. The molecule has 0 spiro atoms. The average molecular weight is 234 g/mol. The summed E-state index contributed by atoms with van der Waals surface area (Å²) >= 11 is 0. The lowest BCUT2D eigenvalue weighted by Crippen LogP contribution is -2.21. The SMILES string of the molecule is CC1CCCC(OCc2ncccc2CN)C1. The molecule has 1 aromatic rings. The van der Waals surface area contributed by atoms with E-state index in [-0.39, 0.29) is 0 Å². The summed E-state index contributed by atoms with van der Waals surface area (Å²) in [6, 6.07) is 3.95. The van der Waals surface area contributed by atoms with Crippen LogP contribution in [0.15, 0.2) is 18.3 Å². The molecule has 3 nitrogen and oxygen atoms in total. The van der Waals surface area contributed by atoms with Crippen LogP contribution >= 0.6 is 0 Å². The lowest BCUT2D eigenvalue weighted by Gasteiger charge is -2.26. The second-order valence-corrected chi connectivity index (χ2v) is 5.02. The summed E-state index contributed by atoms with van der Waals surface area (Å²) in [6.07, 6.45) is 7.22. The lowest BCUT2D eigenvalue weighted by atomic mass is 9.89. The van der Waals surface area contributed by atoms with E-state index in [1.54, 1.807) is 6.20 Å². The Morgan fingerprint density at radius 3 is 3.12 bits per heavy atom. The molecule has 0 bridgehead atoms. The van der Waals surface area contributed by atoms with Crippen molar-refractivity contribution in [2.75, 3.05) is 0 Å². The van der Waals surface area contributed by atoms with Gasteiger partial charge in [-0.1, -0.05) is 25.8 Å². The lowest BCUT2D eigenvalue weighted by molar-refractivity contribution is 0.00290. The van der Waals surface area contributed by atoms with E-state index in [0.717, 1.165) is 17.2 Å². The number of pyridine rings is 1. The van der Waals surface area contributed by atoms with Gasteiger partial charge < -0.3 is 10.5 Å². The molecule has 1 fully saturated rings. The zero-order chi connectivity index (χ0) is 12.1. The Morgan fingerprint density at radius 2 is 2.35 bits per heavy atom. The van der Waals surface area contributed by atoms with E-state index < -0.39 is 0 Å². The smallest absolute Gasteiger partial charge is 0.0894 e. The molecule has 0 saturated heterocycles. The molecule has 3 heteroatoms. The maximum atomic E-state index is 5.96. The summed E-state index contributed by atoms with van der Waals surface area (Å²) in [5, 5.41) is 0. The number of aromatic nitrogens is 1. The van der Waals surface area contributed by atoms with Gasteiger partial charge in [0.1, 0.15) is 0 Å². The minimum absolute atomic E-state index is 0.409. The van der Waals surface area contributed by atoms with Gasteiger partial charge in [0.15, 0.2) is 0 Å². The van der Waals surface area contributed by atoms with Crippen LogP contribution in [0.1, 0.15) is 43.9 Å². The summed E-state index contributed by atoms with van der Waals surface area (Å²) in [6.45, 7) is 3.44. The molecule has 94 valence electrons. The molecular weight excluding hydrogens is 212 g/mol. The first-order valence-corrected chi connectivity index (χ1v) is 6.54. The van der Waals surface area contributed by atoms with Gasteiger partial charge in [0.25, 0.3) is 0 Å². The standard InChI is InChI=1S/C14H22N2O/c1-11-4-2-6-13(8-11)17-10-14-12(9-15)5-3-7-16-14/h3,5,7,11,13H,2,4,6,8-10,15H2,1H3. The summed E-state index contributed by atoms with van der Waals surface area (Å²) in [4.78, 5) is 4.35. The van der Waals surface area contributed by atoms with Crippen LogP contribution in [0.4, 0.5) is 0 Å². The van der Waals surface area contributed by atoms with Crippen molar-refractivity contribution in [2.24, 2.45) is 11.7 Å². The first-order valence-electron chi connectivity index (χ1n) is 6.54. The van der Waals surface area contributed by atoms with Gasteiger partial charge in [0, 0.05) is 12.7 Å². The first kappa shape index (κ1) is 12.5. The fraction of sp³-hybridized carbons (Fsp3) is 0.643. The maximum Gasteiger partial charge on any atom is 0.0894 e. The van der Waals surface area contributed by atoms with Crippen molar-refractivity contribution < 1.29 is 4.74 Å². The van der Waals surface area contributed by atoms with E-state index in [1.165, 1.54) is 25.7 Å². The highest BCUT2D eigenvalue weighted by Gasteiger charge is 2.19. The third-order valence-electron chi connectivity index (χ3n) is 3.55. The van der Waals surface area contributed by atoms with Crippen molar-refractivity contribution in [3.8, 4) is 0 Å². The highest BCUT2D eigenvalue weighted by molar-refractivity contribution is 5.18. The molecule has 17 heavy (non-hydrogen) atoms. The van der Waals surface area contributed by atoms with E-state index >= 15 is 0 Å². The molecule has 0 aromatic carbocycles. The summed E-state index contributed by atoms with van der Waals surface area (Å²) in [5.74, 6) is 0.798. The van der Waals surface area contributed by atoms with Crippen LogP contribution < -0.4 is 5.73 Å². The molecule has 2 atom stereocenters. The Balaban J connectivity index is 1.88. The van der Waals surface area contributed by atoms with Gasteiger partial charge in [-0.25, -0.2) is 0 Å². The van der Waals surface area contributed by atoms with E-state index in [2.05, 4.69) is 11.9 Å². The van der Waals surface area contributed by atoms with Crippen LogP contribution in [-0.4, -0.2) is 11.1 Å². The largest absolute Gasteiger partial charge is 0.372 e. The zero-order valence-electron chi connectivity index (χ0n) is 10.6. The monoisotopic (exact) mass is 234 g/mol. The summed E-state index contributed by atoms with van der Waals surface area (Å²) < 4.78 is 5.96. The topological polar surface area (TPSA) is 48.1 Å². The van der Waals surface area contributed by atoms with Crippen molar-refractivity contribution in [2.45, 2.75) is 51.9 Å². The average Bonchev–Trinajstić information content (AvgIpc) is 2.37. The van der Waals surface area contributed by atoms with Gasteiger partial charge in [-0.05, 0) is 30.4 Å². The fourth-order valence-corrected chi connectivity index (χ4v) is 2.51. The van der Waals surface area contributed by atoms with E-state index in [4.69, 9.17) is 10.5 Å². The molecule has 2 unspecified atom stereocenters. The third-order valence-corrected chi connectivity index (χ3v) is 3.55. The van der Waals surface area contributed by atoms with Crippen LogP contribution in [0.25, 0.3) is 0 Å². The van der Waals surface area contributed by atoms with Crippen LogP contribution in [0.3, 0.4) is 0 Å². The number of hydrogen-bond acceptors (Lipinski definition) is 3. The predicted molar refractivity (Wildman–Crippen MR) is 68.3 cm³/mol. The maximum absolute atomic E-state index is 5.96. The minimum atomic E-state index is 0.409. The van der Waals surface area contributed by atoms with Crippen molar-refractivity contribution in [1.29, 1.82) is 0 Å². The van der Waals surface area contributed by atoms with Gasteiger partial charge in [-0.3, -0.25) is 4.98 Å². The molecule has 2 N–H and O–H groups in total. The van der Waals surface area contributed by atoms with E-state index in [0.29, 0.717) is 19.3 Å². The second kappa shape index (κ2) is 6.12. The highest BCUT2D eigenvalue weighted by atomic mass is 16.5. The summed E-state index contributed by atoms with van der Waals surface area (Å²) in [7, 11) is 0. The van der Waals surface area contributed by atoms with Gasteiger partial charge in [0.05, 0.1) is 18.4 Å². The normalized spacial score (nSPS) is 24.8. The molecule has 1 aliphatic carbocycles. The van der Waals surface area contributed by atoms with Crippen molar-refractivity contribution >= 4 is 0 Å². The number of ether oxygens (including phenoxy) is 1. The van der Waals surface area contributed by atoms with Crippen LogP contribution in [0.2, 0.25) is 0 Å². The number of nitrogens with zero attached hydrogens (tertiary/aromatic N) is 1. The highest BCUT2D eigenvalue weighted by Crippen LogP contribution is 2.26. The molecular formula is C14H22N2O. The van der Waals surface area contributed by atoms with Crippen molar-refractivity contribution in [1.82, 2.24) is 4.98 Å². The minimum Gasteiger partial charge on any atom is -0.372 e. The Morgan fingerprint density at radius 1 is 1.47 bits per heavy atom. The van der Waals surface area contributed by atoms with Gasteiger partial charge in [-0.2, -0.15) is 0 Å². The Kier molecular flexibility index (Phi) is 4.51. The van der Waals surface area contributed by atoms with Crippen molar-refractivity contribution in [3.05, 3.63) is 29.6 Å². The van der Waals surface area contributed by atoms with Crippen LogP contribution in [-0.2, 0) is 17.9 Å². The van der Waals surface area contributed by atoms with Crippen LogP contribution in [0.5, 0.6) is 0 Å². The first-order chi connectivity index (χ1) is 8.29.